The predicted molar refractivity (Wildman–Crippen MR) is 143 cm³/mol. The molecular formula is C31H34N2O2. The van der Waals surface area contributed by atoms with Gasteiger partial charge in [0.25, 0.3) is 0 Å². The molecule has 0 N–H and O–H groups in total. The van der Waals surface area contributed by atoms with Crippen molar-refractivity contribution in [1.82, 2.24) is 4.57 Å². The van der Waals surface area contributed by atoms with Crippen LogP contribution in [0.25, 0.3) is 10.9 Å². The second-order valence-electron chi connectivity index (χ2n) is 9.37. The summed E-state index contributed by atoms with van der Waals surface area (Å²) in [4.78, 5) is 15.7. The van der Waals surface area contributed by atoms with Crippen LogP contribution in [0.5, 0.6) is 0 Å². The van der Waals surface area contributed by atoms with E-state index in [2.05, 4.69) is 85.7 Å². The van der Waals surface area contributed by atoms with Crippen molar-refractivity contribution < 1.29 is 9.53 Å². The highest BCUT2D eigenvalue weighted by atomic mass is 16.6. The summed E-state index contributed by atoms with van der Waals surface area (Å²) < 4.78 is 8.79. The van der Waals surface area contributed by atoms with Crippen LogP contribution < -0.4 is 4.90 Å². The first-order valence-electron chi connectivity index (χ1n) is 12.8. The molecule has 4 heteroatoms. The minimum Gasteiger partial charge on any atom is -0.440 e. The van der Waals surface area contributed by atoms with E-state index in [4.69, 9.17) is 4.74 Å². The molecule has 0 spiro atoms. The molecule has 0 bridgehead atoms. The predicted octanol–water partition coefficient (Wildman–Crippen LogP) is 7.06. The van der Waals surface area contributed by atoms with Gasteiger partial charge in [-0.15, -0.1) is 0 Å². The fraction of sp³-hybridized carbons (Fsp3) is 0.323. The molecule has 1 aliphatic heterocycles. The SMILES string of the molecule is CCCN(CCC)c1ccc(C2(c3c(C)n(CC)c4ccccc34)OC(=O)c3ccccc32)cc1. The first-order chi connectivity index (χ1) is 17.1. The number of hydrogen-bond donors (Lipinski definition) is 0. The van der Waals surface area contributed by atoms with Gasteiger partial charge in [0, 0.05) is 58.6 Å². The molecule has 5 rings (SSSR count). The smallest absolute Gasteiger partial charge is 0.340 e. The topological polar surface area (TPSA) is 34.5 Å². The fourth-order valence-corrected chi connectivity index (χ4v) is 5.86. The number of ether oxygens (including phenoxy) is 1. The lowest BCUT2D eigenvalue weighted by Gasteiger charge is -2.32. The molecule has 1 atom stereocenters. The maximum absolute atomic E-state index is 13.3. The molecule has 0 radical (unpaired) electrons. The third-order valence-corrected chi connectivity index (χ3v) is 7.30. The zero-order valence-corrected chi connectivity index (χ0v) is 21.2. The van der Waals surface area contributed by atoms with Gasteiger partial charge in [0.2, 0.25) is 0 Å². The van der Waals surface area contributed by atoms with Crippen LogP contribution in [0.1, 0.15) is 66.4 Å². The second-order valence-corrected chi connectivity index (χ2v) is 9.37. The molecule has 4 nitrogen and oxygen atoms in total. The van der Waals surface area contributed by atoms with Crippen LogP contribution >= 0.6 is 0 Å². The molecule has 35 heavy (non-hydrogen) atoms. The van der Waals surface area contributed by atoms with E-state index in [9.17, 15) is 4.79 Å². The lowest BCUT2D eigenvalue weighted by molar-refractivity contribution is 0.0253. The summed E-state index contributed by atoms with van der Waals surface area (Å²) in [5, 5.41) is 1.12. The Morgan fingerprint density at radius 1 is 0.857 bits per heavy atom. The van der Waals surface area contributed by atoms with Crippen molar-refractivity contribution in [3.63, 3.8) is 0 Å². The average Bonchev–Trinajstić information content (AvgIpc) is 3.35. The van der Waals surface area contributed by atoms with Crippen molar-refractivity contribution >= 4 is 22.6 Å². The number of aromatic nitrogens is 1. The van der Waals surface area contributed by atoms with Gasteiger partial charge in [0.15, 0.2) is 5.60 Å². The van der Waals surface area contributed by atoms with Gasteiger partial charge < -0.3 is 14.2 Å². The first kappa shape index (κ1) is 23.2. The maximum atomic E-state index is 13.3. The van der Waals surface area contributed by atoms with Gasteiger partial charge in [-0.25, -0.2) is 4.79 Å². The van der Waals surface area contributed by atoms with Crippen molar-refractivity contribution in [2.45, 2.75) is 52.7 Å². The number of anilines is 1. The Morgan fingerprint density at radius 2 is 1.51 bits per heavy atom. The van der Waals surface area contributed by atoms with E-state index in [1.807, 2.05) is 24.3 Å². The molecule has 1 aromatic heterocycles. The van der Waals surface area contributed by atoms with E-state index in [1.165, 1.54) is 5.69 Å². The molecule has 3 aromatic carbocycles. The highest BCUT2D eigenvalue weighted by Crippen LogP contribution is 2.51. The summed E-state index contributed by atoms with van der Waals surface area (Å²) in [5.41, 5.74) is 6.10. The Balaban J connectivity index is 1.78. The number of carbonyl (C=O) groups excluding carboxylic acids is 1. The largest absolute Gasteiger partial charge is 0.440 e. The standard InChI is InChI=1S/C31H34N2O2/c1-5-20-32(21-6-2)24-18-16-23(17-19-24)31(27-14-10-8-12-25(27)30(34)35-31)29-22(4)33(7-3)28-15-11-9-13-26(28)29/h8-19H,5-7,20-21H2,1-4H3. The summed E-state index contributed by atoms with van der Waals surface area (Å²) in [6.45, 7) is 11.6. The van der Waals surface area contributed by atoms with E-state index in [0.717, 1.165) is 65.8 Å². The number of hydrogen-bond acceptors (Lipinski definition) is 3. The minimum absolute atomic E-state index is 0.268. The minimum atomic E-state index is -0.989. The van der Waals surface area contributed by atoms with E-state index in [1.54, 1.807) is 0 Å². The molecule has 4 aromatic rings. The molecule has 0 saturated carbocycles. The quantitative estimate of drug-likeness (QED) is 0.261. The molecule has 1 aliphatic rings. The van der Waals surface area contributed by atoms with Gasteiger partial charge in [-0.1, -0.05) is 62.4 Å². The molecular weight excluding hydrogens is 432 g/mol. The summed E-state index contributed by atoms with van der Waals surface area (Å²) in [5.74, 6) is -0.268. The van der Waals surface area contributed by atoms with Crippen molar-refractivity contribution in [3.8, 4) is 0 Å². The van der Waals surface area contributed by atoms with Crippen LogP contribution in [-0.4, -0.2) is 23.6 Å². The summed E-state index contributed by atoms with van der Waals surface area (Å²) >= 11 is 0. The number of para-hydroxylation sites is 1. The summed E-state index contributed by atoms with van der Waals surface area (Å²) in [6.07, 6.45) is 2.21. The Bertz CT molecular complexity index is 1360. The monoisotopic (exact) mass is 466 g/mol. The average molecular weight is 467 g/mol. The van der Waals surface area contributed by atoms with E-state index >= 15 is 0 Å². The maximum Gasteiger partial charge on any atom is 0.340 e. The normalized spacial score (nSPS) is 17.0. The van der Waals surface area contributed by atoms with Crippen LogP contribution in [0.2, 0.25) is 0 Å². The van der Waals surface area contributed by atoms with Crippen LogP contribution in [0, 0.1) is 6.92 Å². The molecule has 2 heterocycles. The van der Waals surface area contributed by atoms with Gasteiger partial charge in [-0.2, -0.15) is 0 Å². The highest BCUT2D eigenvalue weighted by molar-refractivity contribution is 5.98. The Kier molecular flexibility index (Phi) is 6.14. The number of rotatable bonds is 8. The van der Waals surface area contributed by atoms with Crippen molar-refractivity contribution in [3.05, 3.63) is 101 Å². The number of benzene rings is 3. The number of aryl methyl sites for hydroxylation is 1. The third kappa shape index (κ3) is 3.54. The van der Waals surface area contributed by atoms with Gasteiger partial charge in [-0.05, 0) is 51.0 Å². The third-order valence-electron chi connectivity index (χ3n) is 7.30. The summed E-state index contributed by atoms with van der Waals surface area (Å²) in [6, 6.07) is 25.0. The second kappa shape index (κ2) is 9.26. The van der Waals surface area contributed by atoms with Gasteiger partial charge >= 0.3 is 5.97 Å². The first-order valence-corrected chi connectivity index (χ1v) is 12.8. The van der Waals surface area contributed by atoms with E-state index in [0.29, 0.717) is 5.56 Å². The zero-order valence-electron chi connectivity index (χ0n) is 21.2. The van der Waals surface area contributed by atoms with Crippen molar-refractivity contribution in [2.24, 2.45) is 0 Å². The van der Waals surface area contributed by atoms with Crippen LogP contribution in [0.3, 0.4) is 0 Å². The molecule has 0 fully saturated rings. The zero-order chi connectivity index (χ0) is 24.6. The fourth-order valence-electron chi connectivity index (χ4n) is 5.86. The lowest BCUT2D eigenvalue weighted by atomic mass is 9.78. The number of esters is 1. The molecule has 180 valence electrons. The Hall–Kier alpha value is -3.53. The van der Waals surface area contributed by atoms with Crippen molar-refractivity contribution in [2.75, 3.05) is 18.0 Å². The van der Waals surface area contributed by atoms with E-state index < -0.39 is 5.60 Å². The van der Waals surface area contributed by atoms with Gasteiger partial charge in [-0.3, -0.25) is 0 Å². The van der Waals surface area contributed by atoms with Crippen LogP contribution in [0.15, 0.2) is 72.8 Å². The van der Waals surface area contributed by atoms with Crippen molar-refractivity contribution in [1.29, 1.82) is 0 Å². The highest BCUT2D eigenvalue weighted by Gasteiger charge is 2.50. The number of carbonyl (C=O) groups is 1. The van der Waals surface area contributed by atoms with Gasteiger partial charge in [0.05, 0.1) is 5.56 Å². The molecule has 0 aliphatic carbocycles. The Labute approximate surface area is 208 Å². The van der Waals surface area contributed by atoms with E-state index in [-0.39, 0.29) is 5.97 Å². The lowest BCUT2D eigenvalue weighted by Crippen LogP contribution is -2.31. The summed E-state index contributed by atoms with van der Waals surface area (Å²) in [7, 11) is 0. The van der Waals surface area contributed by atoms with Gasteiger partial charge in [0.1, 0.15) is 0 Å². The Morgan fingerprint density at radius 3 is 2.20 bits per heavy atom. The van der Waals surface area contributed by atoms with Crippen LogP contribution in [-0.2, 0) is 16.9 Å². The molecule has 1 unspecified atom stereocenters. The number of cyclic esters (lactones) is 1. The number of fused-ring (bicyclic) bond motifs is 2. The molecule has 0 saturated heterocycles. The van der Waals surface area contributed by atoms with Crippen LogP contribution in [0.4, 0.5) is 5.69 Å². The number of nitrogens with zero attached hydrogens (tertiary/aromatic N) is 2. The molecule has 0 amide bonds.